The third-order valence-corrected chi connectivity index (χ3v) is 5.90. The van der Waals surface area contributed by atoms with Gasteiger partial charge in [-0.25, -0.2) is 19.7 Å². The summed E-state index contributed by atoms with van der Waals surface area (Å²) in [5, 5.41) is 9.91. The van der Waals surface area contributed by atoms with Gasteiger partial charge >= 0.3 is 18.3 Å². The van der Waals surface area contributed by atoms with Gasteiger partial charge < -0.3 is 19.9 Å². The number of carboxylic acids is 1. The molecule has 0 aromatic carbocycles. The van der Waals surface area contributed by atoms with Gasteiger partial charge in [-0.1, -0.05) is 0 Å². The van der Waals surface area contributed by atoms with Crippen molar-refractivity contribution in [3.05, 3.63) is 54.7 Å². The van der Waals surface area contributed by atoms with Gasteiger partial charge in [-0.2, -0.15) is 26.3 Å². The van der Waals surface area contributed by atoms with Gasteiger partial charge in [0.25, 0.3) is 11.8 Å². The lowest BCUT2D eigenvalue weighted by atomic mass is 9.85. The minimum atomic E-state index is -5.08. The SMILES string of the molecule is CCOc1cccnc1Oc1cncc(-c2ncc(C(=O)NC3CCC(C(F)(F)F)CC3)cn2)c1.O=C(O)C(F)(F)F. The maximum absolute atomic E-state index is 12.8. The Labute approximate surface area is 235 Å². The summed E-state index contributed by atoms with van der Waals surface area (Å²) in [6, 6.07) is 4.88. The van der Waals surface area contributed by atoms with Gasteiger partial charge in [0, 0.05) is 36.4 Å². The zero-order valence-electron chi connectivity index (χ0n) is 21.9. The van der Waals surface area contributed by atoms with Crippen LogP contribution >= 0.6 is 0 Å². The highest BCUT2D eigenvalue weighted by molar-refractivity contribution is 5.93. The second-order valence-electron chi connectivity index (χ2n) is 8.91. The summed E-state index contributed by atoms with van der Waals surface area (Å²) in [5.41, 5.74) is 0.788. The second-order valence-corrected chi connectivity index (χ2v) is 8.91. The number of ether oxygens (including phenoxy) is 2. The van der Waals surface area contributed by atoms with E-state index in [1.807, 2.05) is 6.92 Å². The molecule has 226 valence electrons. The Morgan fingerprint density at radius 3 is 2.21 bits per heavy atom. The van der Waals surface area contributed by atoms with Crippen molar-refractivity contribution in [2.24, 2.45) is 5.92 Å². The third-order valence-electron chi connectivity index (χ3n) is 5.90. The first-order chi connectivity index (χ1) is 19.8. The number of amides is 1. The van der Waals surface area contributed by atoms with Gasteiger partial charge in [0.15, 0.2) is 11.6 Å². The van der Waals surface area contributed by atoms with E-state index in [4.69, 9.17) is 19.4 Å². The van der Waals surface area contributed by atoms with Crippen molar-refractivity contribution in [1.29, 1.82) is 0 Å². The van der Waals surface area contributed by atoms with Crippen LogP contribution in [0, 0.1) is 5.92 Å². The van der Waals surface area contributed by atoms with Gasteiger partial charge in [-0.05, 0) is 50.8 Å². The number of hydrogen-bond donors (Lipinski definition) is 2. The highest BCUT2D eigenvalue weighted by Crippen LogP contribution is 2.37. The summed E-state index contributed by atoms with van der Waals surface area (Å²) in [6.45, 7) is 2.32. The number of pyridine rings is 2. The molecule has 1 aliphatic carbocycles. The van der Waals surface area contributed by atoms with E-state index >= 15 is 0 Å². The molecule has 0 bridgehead atoms. The molecule has 16 heteroatoms. The van der Waals surface area contributed by atoms with Crippen molar-refractivity contribution in [1.82, 2.24) is 25.3 Å². The van der Waals surface area contributed by atoms with Crippen LogP contribution in [0.4, 0.5) is 26.3 Å². The average Bonchev–Trinajstić information content (AvgIpc) is 2.94. The van der Waals surface area contributed by atoms with Crippen LogP contribution in [0.1, 0.15) is 43.0 Å². The number of nitrogens with one attached hydrogen (secondary N) is 1. The molecule has 0 spiro atoms. The van der Waals surface area contributed by atoms with Gasteiger partial charge in [0.1, 0.15) is 5.75 Å². The van der Waals surface area contributed by atoms with Crippen molar-refractivity contribution in [2.75, 3.05) is 6.61 Å². The van der Waals surface area contributed by atoms with Crippen molar-refractivity contribution in [3.63, 3.8) is 0 Å². The van der Waals surface area contributed by atoms with Crippen LogP contribution in [0.3, 0.4) is 0 Å². The number of carbonyl (C=O) groups is 2. The lowest BCUT2D eigenvalue weighted by Crippen LogP contribution is -2.40. The highest BCUT2D eigenvalue weighted by atomic mass is 19.4. The number of rotatable bonds is 7. The zero-order valence-corrected chi connectivity index (χ0v) is 21.9. The Morgan fingerprint density at radius 2 is 1.64 bits per heavy atom. The Balaban J connectivity index is 0.000000616. The first-order valence-electron chi connectivity index (χ1n) is 12.5. The van der Waals surface area contributed by atoms with Crippen molar-refractivity contribution in [3.8, 4) is 28.8 Å². The van der Waals surface area contributed by atoms with Crippen molar-refractivity contribution >= 4 is 11.9 Å². The van der Waals surface area contributed by atoms with Crippen molar-refractivity contribution < 1.29 is 50.5 Å². The van der Waals surface area contributed by atoms with Gasteiger partial charge in [-0.3, -0.25) is 9.78 Å². The Morgan fingerprint density at radius 1 is 1.00 bits per heavy atom. The molecule has 3 aromatic heterocycles. The van der Waals surface area contributed by atoms with E-state index in [0.717, 1.165) is 0 Å². The molecule has 0 radical (unpaired) electrons. The fourth-order valence-electron chi connectivity index (χ4n) is 3.85. The van der Waals surface area contributed by atoms with Crippen LogP contribution < -0.4 is 14.8 Å². The second kappa shape index (κ2) is 13.9. The predicted molar refractivity (Wildman–Crippen MR) is 134 cm³/mol. The molecular formula is C26H25F6N5O5. The number of aromatic nitrogens is 4. The van der Waals surface area contributed by atoms with Crippen molar-refractivity contribution in [2.45, 2.75) is 51.0 Å². The quantitative estimate of drug-likeness (QED) is 0.331. The first-order valence-corrected chi connectivity index (χ1v) is 12.5. The standard InChI is InChI=1S/C24H24F3N5O3.C2HF3O2/c1-2-34-20-4-3-9-29-23(20)35-19-10-15(11-28-14-19)21-30-12-16(13-31-21)22(33)32-18-7-5-17(6-8-18)24(25,26)27;3-2(4,5)1(6)7/h3-4,9-14,17-18H,2,5-8H2,1H3,(H,32,33);(H,6,7). The summed E-state index contributed by atoms with van der Waals surface area (Å²) in [7, 11) is 0. The maximum atomic E-state index is 12.8. The van der Waals surface area contributed by atoms with Crippen LogP contribution in [0.5, 0.6) is 17.4 Å². The van der Waals surface area contributed by atoms with Gasteiger partial charge in [0.05, 0.1) is 24.3 Å². The molecule has 10 nitrogen and oxygen atoms in total. The van der Waals surface area contributed by atoms with Crippen LogP contribution in [0.25, 0.3) is 11.4 Å². The Bertz CT molecular complexity index is 1350. The summed E-state index contributed by atoms with van der Waals surface area (Å²) in [4.78, 5) is 38.2. The molecule has 0 aliphatic heterocycles. The highest BCUT2D eigenvalue weighted by Gasteiger charge is 2.41. The van der Waals surface area contributed by atoms with E-state index in [0.29, 0.717) is 35.4 Å². The number of hydrogen-bond acceptors (Lipinski definition) is 8. The fourth-order valence-corrected chi connectivity index (χ4v) is 3.85. The predicted octanol–water partition coefficient (Wildman–Crippen LogP) is 5.61. The molecule has 0 saturated heterocycles. The zero-order chi connectivity index (χ0) is 30.9. The molecule has 2 N–H and O–H groups in total. The number of carboxylic acid groups (broad SMARTS) is 1. The molecule has 3 heterocycles. The number of nitrogens with zero attached hydrogens (tertiary/aromatic N) is 4. The monoisotopic (exact) mass is 601 g/mol. The minimum absolute atomic E-state index is 0.0138. The summed E-state index contributed by atoms with van der Waals surface area (Å²) in [6.07, 6.45) is -1.25. The lowest BCUT2D eigenvalue weighted by molar-refractivity contribution is -0.192. The largest absolute Gasteiger partial charge is 0.490 e. The maximum Gasteiger partial charge on any atom is 0.490 e. The molecule has 1 aliphatic rings. The smallest absolute Gasteiger partial charge is 0.488 e. The molecule has 4 rings (SSSR count). The van der Waals surface area contributed by atoms with Gasteiger partial charge in [-0.15, -0.1) is 0 Å². The average molecular weight is 602 g/mol. The minimum Gasteiger partial charge on any atom is -0.488 e. The first kappa shape index (κ1) is 32.0. The van der Waals surface area contributed by atoms with Crippen LogP contribution in [-0.4, -0.2) is 61.9 Å². The number of carbonyl (C=O) groups excluding carboxylic acids is 1. The fraction of sp³-hybridized carbons (Fsp3) is 0.385. The molecule has 0 atom stereocenters. The molecule has 42 heavy (non-hydrogen) atoms. The molecular weight excluding hydrogens is 576 g/mol. The number of alkyl halides is 6. The van der Waals surface area contributed by atoms with Crippen LogP contribution in [0.15, 0.2) is 49.2 Å². The molecule has 1 saturated carbocycles. The van der Waals surface area contributed by atoms with E-state index in [-0.39, 0.29) is 37.3 Å². The van der Waals surface area contributed by atoms with E-state index in [1.165, 1.54) is 18.6 Å². The van der Waals surface area contributed by atoms with E-state index < -0.39 is 30.1 Å². The lowest BCUT2D eigenvalue weighted by Gasteiger charge is -2.30. The molecule has 1 fully saturated rings. The van der Waals surface area contributed by atoms with E-state index in [2.05, 4.69) is 25.3 Å². The van der Waals surface area contributed by atoms with Crippen LogP contribution in [-0.2, 0) is 4.79 Å². The number of halogens is 6. The summed E-state index contributed by atoms with van der Waals surface area (Å²) >= 11 is 0. The number of aliphatic carboxylic acids is 1. The van der Waals surface area contributed by atoms with E-state index in [1.54, 1.807) is 30.6 Å². The Hall–Kier alpha value is -4.50. The molecule has 1 amide bonds. The summed E-state index contributed by atoms with van der Waals surface area (Å²) < 4.78 is 81.6. The topological polar surface area (TPSA) is 136 Å². The Kier molecular flexibility index (Phi) is 10.6. The summed E-state index contributed by atoms with van der Waals surface area (Å²) in [5.74, 6) is -2.94. The van der Waals surface area contributed by atoms with Crippen LogP contribution in [0.2, 0.25) is 0 Å². The normalized spacial score (nSPS) is 16.9. The third kappa shape index (κ3) is 9.27. The molecule has 3 aromatic rings. The van der Waals surface area contributed by atoms with E-state index in [9.17, 15) is 31.1 Å². The molecule has 0 unspecified atom stereocenters. The van der Waals surface area contributed by atoms with Gasteiger partial charge in [0.2, 0.25) is 0 Å².